The summed E-state index contributed by atoms with van der Waals surface area (Å²) < 4.78 is 10.3. The Hall–Kier alpha value is -2.60. The first-order valence-electron chi connectivity index (χ1n) is 7.76. The van der Waals surface area contributed by atoms with E-state index < -0.39 is 0 Å². The highest BCUT2D eigenvalue weighted by atomic mass is 16.5. The number of hydrogen-bond acceptors (Lipinski definition) is 4. The molecule has 2 amide bonds. The monoisotopic (exact) mass is 330 g/mol. The van der Waals surface area contributed by atoms with Crippen molar-refractivity contribution in [2.75, 3.05) is 26.0 Å². The highest BCUT2D eigenvalue weighted by Gasteiger charge is 2.18. The van der Waals surface area contributed by atoms with Crippen LogP contribution >= 0.6 is 0 Å². The molecule has 1 heterocycles. The van der Waals surface area contributed by atoms with Crippen LogP contribution in [0.4, 0.5) is 5.69 Å². The van der Waals surface area contributed by atoms with Crippen molar-refractivity contribution in [3.8, 4) is 0 Å². The fourth-order valence-electron chi connectivity index (χ4n) is 2.33. The molecule has 0 aliphatic carbocycles. The number of ether oxygens (including phenoxy) is 1. The minimum Gasteiger partial charge on any atom is -0.453 e. The second-order valence-corrected chi connectivity index (χ2v) is 5.42. The standard InChI is InChI=1S/C18H22N2O4/c1-4-13-7-5-6-8-15(13)19-17(21)11-20(2)18(22)16-10-9-14(24-16)12-23-3/h5-10H,4,11-12H2,1-3H3,(H,19,21). The van der Waals surface area contributed by atoms with Crippen LogP contribution in [-0.4, -0.2) is 37.4 Å². The van der Waals surface area contributed by atoms with Crippen molar-refractivity contribution in [2.24, 2.45) is 0 Å². The topological polar surface area (TPSA) is 71.8 Å². The zero-order valence-corrected chi connectivity index (χ0v) is 14.2. The zero-order valence-electron chi connectivity index (χ0n) is 14.2. The fraction of sp³-hybridized carbons (Fsp3) is 0.333. The lowest BCUT2D eigenvalue weighted by atomic mass is 10.1. The Morgan fingerprint density at radius 2 is 1.96 bits per heavy atom. The molecule has 0 aliphatic rings. The normalized spacial score (nSPS) is 10.5. The lowest BCUT2D eigenvalue weighted by Crippen LogP contribution is -2.34. The lowest BCUT2D eigenvalue weighted by molar-refractivity contribution is -0.116. The van der Waals surface area contributed by atoms with Gasteiger partial charge in [-0.1, -0.05) is 25.1 Å². The van der Waals surface area contributed by atoms with E-state index in [-0.39, 0.29) is 24.1 Å². The van der Waals surface area contributed by atoms with E-state index in [9.17, 15) is 9.59 Å². The largest absolute Gasteiger partial charge is 0.453 e. The van der Waals surface area contributed by atoms with Gasteiger partial charge in [0.05, 0.1) is 6.54 Å². The molecule has 1 aromatic heterocycles. The number of carbonyl (C=O) groups is 2. The van der Waals surface area contributed by atoms with Gasteiger partial charge in [-0.2, -0.15) is 0 Å². The maximum atomic E-state index is 12.3. The molecule has 0 fully saturated rings. The summed E-state index contributed by atoms with van der Waals surface area (Å²) in [5.74, 6) is 0.147. The third kappa shape index (κ3) is 4.45. The predicted octanol–water partition coefficient (Wildman–Crippen LogP) is 2.70. The molecule has 0 saturated heterocycles. The number of likely N-dealkylation sites (N-methyl/N-ethyl adjacent to an activating group) is 1. The number of nitrogens with zero attached hydrogens (tertiary/aromatic N) is 1. The molecule has 24 heavy (non-hydrogen) atoms. The average molecular weight is 330 g/mol. The Morgan fingerprint density at radius 3 is 2.67 bits per heavy atom. The summed E-state index contributed by atoms with van der Waals surface area (Å²) in [5, 5.41) is 2.84. The highest BCUT2D eigenvalue weighted by molar-refractivity contribution is 5.98. The van der Waals surface area contributed by atoms with E-state index in [2.05, 4.69) is 5.32 Å². The zero-order chi connectivity index (χ0) is 17.5. The number of methoxy groups -OCH3 is 1. The van der Waals surface area contributed by atoms with Crippen molar-refractivity contribution in [2.45, 2.75) is 20.0 Å². The van der Waals surface area contributed by atoms with Gasteiger partial charge in [0.1, 0.15) is 12.4 Å². The van der Waals surface area contributed by atoms with E-state index in [1.54, 1.807) is 26.3 Å². The van der Waals surface area contributed by atoms with Crippen molar-refractivity contribution in [1.82, 2.24) is 4.90 Å². The second-order valence-electron chi connectivity index (χ2n) is 5.42. The first-order chi connectivity index (χ1) is 11.5. The Kier molecular flexibility index (Phi) is 6.14. The average Bonchev–Trinajstić information content (AvgIpc) is 3.03. The van der Waals surface area contributed by atoms with E-state index in [0.29, 0.717) is 12.4 Å². The van der Waals surface area contributed by atoms with E-state index in [0.717, 1.165) is 17.7 Å². The molecule has 0 atom stereocenters. The molecular formula is C18H22N2O4. The molecule has 0 bridgehead atoms. The number of aryl methyl sites for hydroxylation is 1. The third-order valence-corrected chi connectivity index (χ3v) is 3.56. The maximum Gasteiger partial charge on any atom is 0.289 e. The lowest BCUT2D eigenvalue weighted by Gasteiger charge is -2.16. The summed E-state index contributed by atoms with van der Waals surface area (Å²) in [7, 11) is 3.11. The molecule has 2 aromatic rings. The number of para-hydroxylation sites is 1. The first-order valence-corrected chi connectivity index (χ1v) is 7.76. The molecule has 6 heteroatoms. The first kappa shape index (κ1) is 17.7. The number of carbonyl (C=O) groups excluding carboxylic acids is 2. The smallest absolute Gasteiger partial charge is 0.289 e. The SMILES string of the molecule is CCc1ccccc1NC(=O)CN(C)C(=O)c1ccc(COC)o1. The second kappa shape index (κ2) is 8.31. The number of rotatable bonds is 7. The Balaban J connectivity index is 1.96. The van der Waals surface area contributed by atoms with Crippen molar-refractivity contribution in [1.29, 1.82) is 0 Å². The van der Waals surface area contributed by atoms with Gasteiger partial charge in [-0.15, -0.1) is 0 Å². The fourth-order valence-corrected chi connectivity index (χ4v) is 2.33. The molecule has 128 valence electrons. The number of anilines is 1. The van der Waals surface area contributed by atoms with Gasteiger partial charge < -0.3 is 19.4 Å². The van der Waals surface area contributed by atoms with Gasteiger partial charge in [-0.25, -0.2) is 0 Å². The van der Waals surface area contributed by atoms with Crippen LogP contribution in [0.15, 0.2) is 40.8 Å². The molecular weight excluding hydrogens is 308 g/mol. The Bertz CT molecular complexity index is 709. The number of hydrogen-bond donors (Lipinski definition) is 1. The summed E-state index contributed by atoms with van der Waals surface area (Å²) in [6.45, 7) is 2.26. The molecule has 0 radical (unpaired) electrons. The number of nitrogens with one attached hydrogen (secondary N) is 1. The van der Waals surface area contributed by atoms with Crippen LogP contribution in [0.1, 0.15) is 28.8 Å². The van der Waals surface area contributed by atoms with E-state index in [1.807, 2.05) is 31.2 Å². The van der Waals surface area contributed by atoms with Crippen molar-refractivity contribution in [3.05, 3.63) is 53.5 Å². The summed E-state index contributed by atoms with van der Waals surface area (Å²) >= 11 is 0. The summed E-state index contributed by atoms with van der Waals surface area (Å²) in [5.41, 5.74) is 1.82. The number of benzene rings is 1. The quantitative estimate of drug-likeness (QED) is 0.847. The number of furan rings is 1. The van der Waals surface area contributed by atoms with Crippen LogP contribution < -0.4 is 5.32 Å². The van der Waals surface area contributed by atoms with Gasteiger partial charge in [0.2, 0.25) is 5.91 Å². The van der Waals surface area contributed by atoms with Crippen molar-refractivity contribution in [3.63, 3.8) is 0 Å². The highest BCUT2D eigenvalue weighted by Crippen LogP contribution is 2.15. The van der Waals surface area contributed by atoms with Crippen LogP contribution in [0.25, 0.3) is 0 Å². The molecule has 0 spiro atoms. The van der Waals surface area contributed by atoms with Gasteiger partial charge in [-0.3, -0.25) is 9.59 Å². The van der Waals surface area contributed by atoms with Gasteiger partial charge in [-0.05, 0) is 30.2 Å². The molecule has 2 rings (SSSR count). The van der Waals surface area contributed by atoms with Crippen LogP contribution in [0.2, 0.25) is 0 Å². The summed E-state index contributed by atoms with van der Waals surface area (Å²) in [6, 6.07) is 10.9. The van der Waals surface area contributed by atoms with E-state index in [1.165, 1.54) is 4.90 Å². The van der Waals surface area contributed by atoms with E-state index in [4.69, 9.17) is 9.15 Å². The summed E-state index contributed by atoms with van der Waals surface area (Å²) in [4.78, 5) is 25.8. The predicted molar refractivity (Wildman–Crippen MR) is 90.8 cm³/mol. The Labute approximate surface area is 141 Å². The molecule has 1 N–H and O–H groups in total. The van der Waals surface area contributed by atoms with Gasteiger partial charge >= 0.3 is 0 Å². The number of amides is 2. The molecule has 0 aliphatic heterocycles. The minimum absolute atomic E-state index is 0.0583. The van der Waals surface area contributed by atoms with Crippen molar-refractivity contribution < 1.29 is 18.7 Å². The van der Waals surface area contributed by atoms with E-state index >= 15 is 0 Å². The van der Waals surface area contributed by atoms with Crippen LogP contribution in [0, 0.1) is 0 Å². The summed E-state index contributed by atoms with van der Waals surface area (Å²) in [6.07, 6.45) is 0.819. The molecule has 0 unspecified atom stereocenters. The minimum atomic E-state index is -0.351. The van der Waals surface area contributed by atoms with Crippen LogP contribution in [-0.2, 0) is 22.6 Å². The molecule has 6 nitrogen and oxygen atoms in total. The van der Waals surface area contributed by atoms with Crippen molar-refractivity contribution >= 4 is 17.5 Å². The van der Waals surface area contributed by atoms with Crippen LogP contribution in [0.5, 0.6) is 0 Å². The van der Waals surface area contributed by atoms with Gasteiger partial charge in [0.15, 0.2) is 5.76 Å². The van der Waals surface area contributed by atoms with Crippen LogP contribution in [0.3, 0.4) is 0 Å². The molecule has 0 saturated carbocycles. The van der Waals surface area contributed by atoms with Gasteiger partial charge in [0, 0.05) is 19.8 Å². The molecule has 1 aromatic carbocycles. The maximum absolute atomic E-state index is 12.3. The van der Waals surface area contributed by atoms with Gasteiger partial charge in [0.25, 0.3) is 5.91 Å². The Morgan fingerprint density at radius 1 is 1.21 bits per heavy atom. The third-order valence-electron chi connectivity index (χ3n) is 3.56.